The molecule has 1 aromatic rings. The van der Waals surface area contributed by atoms with E-state index in [1.807, 2.05) is 0 Å². The minimum atomic E-state index is -1.38. The number of aliphatic hydroxyl groups is 1. The van der Waals surface area contributed by atoms with Crippen LogP contribution < -0.4 is 0 Å². The van der Waals surface area contributed by atoms with Crippen LogP contribution in [0.1, 0.15) is 23.2 Å². The Hall–Kier alpha value is -1.46. The van der Waals surface area contributed by atoms with E-state index in [9.17, 15) is 14.3 Å². The first-order valence-corrected chi connectivity index (χ1v) is 6.01. The van der Waals surface area contributed by atoms with E-state index in [2.05, 4.69) is 0 Å². The molecule has 1 aromatic carbocycles. The molecule has 1 N–H and O–H groups in total. The SMILES string of the molecule is O=C(ON1CCCC(O)C(F)C1)c1ccccc1. The van der Waals surface area contributed by atoms with Gasteiger partial charge in [-0.15, -0.1) is 5.06 Å². The Balaban J connectivity index is 1.95. The summed E-state index contributed by atoms with van der Waals surface area (Å²) in [5, 5.41) is 10.7. The summed E-state index contributed by atoms with van der Waals surface area (Å²) in [6.07, 6.45) is -1.36. The van der Waals surface area contributed by atoms with Crippen molar-refractivity contribution < 1.29 is 19.1 Å². The summed E-state index contributed by atoms with van der Waals surface area (Å²) in [6.45, 7) is 0.357. The van der Waals surface area contributed by atoms with E-state index >= 15 is 0 Å². The number of alkyl halides is 1. The second-order valence-corrected chi connectivity index (χ2v) is 4.36. The maximum Gasteiger partial charge on any atom is 0.357 e. The fourth-order valence-electron chi connectivity index (χ4n) is 1.89. The average molecular weight is 253 g/mol. The molecule has 5 heteroatoms. The topological polar surface area (TPSA) is 49.8 Å². The van der Waals surface area contributed by atoms with Gasteiger partial charge in [0.1, 0.15) is 6.17 Å². The van der Waals surface area contributed by atoms with Crippen molar-refractivity contribution in [3.63, 3.8) is 0 Å². The lowest BCUT2D eigenvalue weighted by molar-refractivity contribution is -0.119. The highest BCUT2D eigenvalue weighted by Gasteiger charge is 2.27. The smallest absolute Gasteiger partial charge is 0.357 e. The van der Waals surface area contributed by atoms with Crippen LogP contribution in [0.4, 0.5) is 4.39 Å². The van der Waals surface area contributed by atoms with Crippen molar-refractivity contribution in [2.75, 3.05) is 13.1 Å². The quantitative estimate of drug-likeness (QED) is 0.869. The van der Waals surface area contributed by atoms with Crippen molar-refractivity contribution in [2.45, 2.75) is 25.1 Å². The van der Waals surface area contributed by atoms with Crippen LogP contribution in [0, 0.1) is 0 Å². The number of hydrogen-bond acceptors (Lipinski definition) is 4. The molecule has 2 rings (SSSR count). The number of benzene rings is 1. The zero-order chi connectivity index (χ0) is 13.0. The van der Waals surface area contributed by atoms with Gasteiger partial charge in [-0.05, 0) is 25.0 Å². The molecule has 0 aliphatic carbocycles. The molecule has 2 unspecified atom stereocenters. The molecular formula is C13H16FNO3. The van der Waals surface area contributed by atoms with Gasteiger partial charge in [0.2, 0.25) is 0 Å². The van der Waals surface area contributed by atoms with Gasteiger partial charge in [0.05, 0.1) is 18.2 Å². The molecule has 98 valence electrons. The molecule has 4 nitrogen and oxygen atoms in total. The van der Waals surface area contributed by atoms with Crippen LogP contribution in [0.15, 0.2) is 30.3 Å². The molecular weight excluding hydrogens is 237 g/mol. The van der Waals surface area contributed by atoms with Crippen molar-refractivity contribution in [1.29, 1.82) is 0 Å². The van der Waals surface area contributed by atoms with E-state index < -0.39 is 18.2 Å². The van der Waals surface area contributed by atoms with Gasteiger partial charge in [-0.25, -0.2) is 9.18 Å². The van der Waals surface area contributed by atoms with Gasteiger partial charge in [0.25, 0.3) is 0 Å². The molecule has 1 fully saturated rings. The summed E-state index contributed by atoms with van der Waals surface area (Å²) in [4.78, 5) is 16.9. The second-order valence-electron chi connectivity index (χ2n) is 4.36. The Labute approximate surface area is 105 Å². The first-order chi connectivity index (χ1) is 8.66. The monoisotopic (exact) mass is 253 g/mol. The van der Waals surface area contributed by atoms with E-state index in [-0.39, 0.29) is 6.54 Å². The van der Waals surface area contributed by atoms with Gasteiger partial charge in [0.15, 0.2) is 0 Å². The van der Waals surface area contributed by atoms with E-state index in [4.69, 9.17) is 4.84 Å². The summed E-state index contributed by atoms with van der Waals surface area (Å²) < 4.78 is 13.5. The largest absolute Gasteiger partial charge is 0.390 e. The summed E-state index contributed by atoms with van der Waals surface area (Å²) in [6, 6.07) is 8.56. The van der Waals surface area contributed by atoms with Gasteiger partial charge >= 0.3 is 5.97 Å². The van der Waals surface area contributed by atoms with Gasteiger partial charge in [-0.2, -0.15) is 0 Å². The maximum atomic E-state index is 13.5. The fourth-order valence-corrected chi connectivity index (χ4v) is 1.89. The number of carbonyl (C=O) groups excluding carboxylic acids is 1. The number of aliphatic hydroxyl groups excluding tert-OH is 1. The van der Waals surface area contributed by atoms with E-state index in [0.717, 1.165) is 0 Å². The first kappa shape index (κ1) is 13.0. The number of halogens is 1. The lowest BCUT2D eigenvalue weighted by atomic mass is 10.1. The van der Waals surface area contributed by atoms with Crippen LogP contribution >= 0.6 is 0 Å². The molecule has 0 radical (unpaired) electrons. The Kier molecular flexibility index (Phi) is 4.28. The van der Waals surface area contributed by atoms with Crippen LogP contribution in [0.25, 0.3) is 0 Å². The zero-order valence-electron chi connectivity index (χ0n) is 9.96. The standard InChI is InChI=1S/C13H16FNO3/c14-11-9-15(8-4-7-12(11)16)18-13(17)10-5-2-1-3-6-10/h1-3,5-6,11-12,16H,4,7-9H2. The lowest BCUT2D eigenvalue weighted by Crippen LogP contribution is -2.35. The summed E-state index contributed by atoms with van der Waals surface area (Å²) in [5.41, 5.74) is 0.428. The van der Waals surface area contributed by atoms with Gasteiger partial charge in [-0.3, -0.25) is 0 Å². The molecule has 0 amide bonds. The number of hydroxylamine groups is 2. The molecule has 1 heterocycles. The molecule has 0 saturated carbocycles. The normalized spacial score (nSPS) is 25.4. The van der Waals surface area contributed by atoms with Crippen molar-refractivity contribution in [3.8, 4) is 0 Å². The van der Waals surface area contributed by atoms with Crippen molar-refractivity contribution >= 4 is 5.97 Å². The van der Waals surface area contributed by atoms with E-state index in [0.29, 0.717) is 24.9 Å². The number of hydrogen-bond donors (Lipinski definition) is 1. The van der Waals surface area contributed by atoms with Gasteiger partial charge in [-0.1, -0.05) is 18.2 Å². The van der Waals surface area contributed by atoms with E-state index in [1.54, 1.807) is 30.3 Å². The van der Waals surface area contributed by atoms with Crippen molar-refractivity contribution in [1.82, 2.24) is 5.06 Å². The van der Waals surface area contributed by atoms with Gasteiger partial charge in [0, 0.05) is 6.54 Å². The number of rotatable bonds is 2. The molecule has 0 bridgehead atoms. The molecule has 0 spiro atoms. The highest BCUT2D eigenvalue weighted by molar-refractivity contribution is 5.89. The van der Waals surface area contributed by atoms with Crippen molar-refractivity contribution in [2.24, 2.45) is 0 Å². The molecule has 0 aromatic heterocycles. The van der Waals surface area contributed by atoms with Crippen LogP contribution in [0.2, 0.25) is 0 Å². The Morgan fingerprint density at radius 3 is 2.83 bits per heavy atom. The summed E-state index contributed by atoms with van der Waals surface area (Å²) in [7, 11) is 0. The number of carbonyl (C=O) groups is 1. The summed E-state index contributed by atoms with van der Waals surface area (Å²) >= 11 is 0. The molecule has 2 atom stereocenters. The predicted molar refractivity (Wildman–Crippen MR) is 63.6 cm³/mol. The second kappa shape index (κ2) is 5.93. The minimum absolute atomic E-state index is 0.0836. The number of nitrogens with zero attached hydrogens (tertiary/aromatic N) is 1. The summed E-state index contributed by atoms with van der Waals surface area (Å²) in [5.74, 6) is -0.501. The minimum Gasteiger partial charge on any atom is -0.390 e. The Morgan fingerprint density at radius 2 is 2.11 bits per heavy atom. The van der Waals surface area contributed by atoms with Crippen molar-refractivity contribution in [3.05, 3.63) is 35.9 Å². The average Bonchev–Trinajstić information content (AvgIpc) is 2.53. The highest BCUT2D eigenvalue weighted by atomic mass is 19.1. The van der Waals surface area contributed by atoms with Gasteiger partial charge < -0.3 is 9.94 Å². The Morgan fingerprint density at radius 1 is 1.39 bits per heavy atom. The zero-order valence-corrected chi connectivity index (χ0v) is 9.96. The molecule has 1 aliphatic heterocycles. The lowest BCUT2D eigenvalue weighted by Gasteiger charge is -2.20. The predicted octanol–water partition coefficient (Wildman–Crippen LogP) is 1.55. The maximum absolute atomic E-state index is 13.5. The molecule has 18 heavy (non-hydrogen) atoms. The molecule has 1 saturated heterocycles. The third kappa shape index (κ3) is 3.27. The van der Waals surface area contributed by atoms with Crippen LogP contribution in [-0.4, -0.2) is 41.5 Å². The van der Waals surface area contributed by atoms with E-state index in [1.165, 1.54) is 5.06 Å². The first-order valence-electron chi connectivity index (χ1n) is 6.01. The fraction of sp³-hybridized carbons (Fsp3) is 0.462. The van der Waals surface area contributed by atoms with Crippen LogP contribution in [0.3, 0.4) is 0 Å². The Bertz CT molecular complexity index is 398. The third-order valence-electron chi connectivity index (χ3n) is 2.92. The van der Waals surface area contributed by atoms with Crippen LogP contribution in [0.5, 0.6) is 0 Å². The highest BCUT2D eigenvalue weighted by Crippen LogP contribution is 2.15. The third-order valence-corrected chi connectivity index (χ3v) is 2.92. The van der Waals surface area contributed by atoms with Crippen LogP contribution in [-0.2, 0) is 4.84 Å². The molecule has 1 aliphatic rings.